The number of sulfonamides is 1. The number of rotatable bonds is 4. The molecular weight excluding hydrogens is 264 g/mol. The smallest absolute Gasteiger partial charge is 0.212 e. The fourth-order valence-electron chi connectivity index (χ4n) is 1.000. The van der Waals surface area contributed by atoms with Gasteiger partial charge in [0.05, 0.1) is 13.4 Å². The number of hydrogen-bond acceptors (Lipinski definition) is 4. The van der Waals surface area contributed by atoms with Gasteiger partial charge in [-0.05, 0) is 5.56 Å². The van der Waals surface area contributed by atoms with Crippen LogP contribution in [-0.2, 0) is 16.6 Å². The fourth-order valence-corrected chi connectivity index (χ4v) is 1.38. The average Bonchev–Trinajstić information content (AvgIpc) is 2.43. The molecule has 0 saturated heterocycles. The van der Waals surface area contributed by atoms with E-state index in [0.717, 1.165) is 5.56 Å². The zero-order valence-corrected chi connectivity index (χ0v) is 13.8. The van der Waals surface area contributed by atoms with E-state index in [1.54, 1.807) is 18.3 Å². The summed E-state index contributed by atoms with van der Waals surface area (Å²) in [6.45, 7) is 8.32. The van der Waals surface area contributed by atoms with Crippen molar-refractivity contribution in [1.82, 2.24) is 9.29 Å². The van der Waals surface area contributed by atoms with Crippen LogP contribution < -0.4 is 4.74 Å². The Morgan fingerprint density at radius 1 is 1.21 bits per heavy atom. The Morgan fingerprint density at radius 3 is 2.05 bits per heavy atom. The Hall–Kier alpha value is -1.14. The molecule has 0 unspecified atom stereocenters. The van der Waals surface area contributed by atoms with Crippen molar-refractivity contribution >= 4 is 10.0 Å². The monoisotopic (exact) mass is 290 g/mol. The maximum absolute atomic E-state index is 11.1. The summed E-state index contributed by atoms with van der Waals surface area (Å²) in [5.41, 5.74) is 0.823. The molecule has 1 heterocycles. The predicted octanol–water partition coefficient (Wildman–Crippen LogP) is 2.53. The molecule has 1 aromatic heterocycles. The molecule has 0 radical (unpaired) electrons. The maximum atomic E-state index is 11.1. The van der Waals surface area contributed by atoms with Gasteiger partial charge in [0.25, 0.3) is 0 Å². The molecule has 0 N–H and O–H groups in total. The molecule has 0 atom stereocenters. The summed E-state index contributed by atoms with van der Waals surface area (Å²) in [4.78, 5) is 3.99. The van der Waals surface area contributed by atoms with E-state index in [9.17, 15) is 8.42 Å². The second-order valence-electron chi connectivity index (χ2n) is 3.23. The van der Waals surface area contributed by atoms with Crippen molar-refractivity contribution in [1.29, 1.82) is 0 Å². The number of pyridine rings is 1. The van der Waals surface area contributed by atoms with Gasteiger partial charge in [-0.1, -0.05) is 33.8 Å². The lowest BCUT2D eigenvalue weighted by Crippen LogP contribution is -2.24. The first-order valence-electron chi connectivity index (χ1n) is 6.33. The van der Waals surface area contributed by atoms with Crippen LogP contribution in [0.5, 0.6) is 5.88 Å². The van der Waals surface area contributed by atoms with Crippen molar-refractivity contribution in [2.45, 2.75) is 34.2 Å². The van der Waals surface area contributed by atoms with Gasteiger partial charge in [0.1, 0.15) is 0 Å². The van der Waals surface area contributed by atoms with E-state index in [4.69, 9.17) is 4.74 Å². The van der Waals surface area contributed by atoms with Crippen LogP contribution in [0, 0.1) is 0 Å². The molecule has 1 rings (SSSR count). The highest BCUT2D eigenvalue weighted by Gasteiger charge is 2.11. The number of methoxy groups -OCH3 is 1. The van der Waals surface area contributed by atoms with Gasteiger partial charge in [0, 0.05) is 25.9 Å². The van der Waals surface area contributed by atoms with Gasteiger partial charge in [0.2, 0.25) is 15.9 Å². The number of aromatic nitrogens is 1. The molecule has 19 heavy (non-hydrogen) atoms. The zero-order chi connectivity index (χ0) is 15.5. The number of hydrogen-bond donors (Lipinski definition) is 0. The lowest BCUT2D eigenvalue weighted by molar-refractivity contribution is 0.397. The average molecular weight is 290 g/mol. The first kappa shape index (κ1) is 20.2. The molecule has 0 aliphatic carbocycles. The van der Waals surface area contributed by atoms with Crippen molar-refractivity contribution in [3.8, 4) is 5.88 Å². The third-order valence-corrected chi connectivity index (χ3v) is 3.24. The Kier molecular flexibility index (Phi) is 11.4. The largest absolute Gasteiger partial charge is 0.481 e. The van der Waals surface area contributed by atoms with Gasteiger partial charge in [-0.3, -0.25) is 0 Å². The van der Waals surface area contributed by atoms with E-state index in [1.165, 1.54) is 24.7 Å². The number of nitrogens with zero attached hydrogens (tertiary/aromatic N) is 2. The van der Waals surface area contributed by atoms with E-state index in [-0.39, 0.29) is 0 Å². The lowest BCUT2D eigenvalue weighted by atomic mass is 10.3. The van der Waals surface area contributed by atoms with Crippen LogP contribution in [0.3, 0.4) is 0 Å². The predicted molar refractivity (Wildman–Crippen MR) is 79.8 cm³/mol. The van der Waals surface area contributed by atoms with Crippen molar-refractivity contribution in [3.63, 3.8) is 0 Å². The van der Waals surface area contributed by atoms with E-state index in [1.807, 2.05) is 27.7 Å². The van der Waals surface area contributed by atoms with Crippen molar-refractivity contribution in [2.75, 3.05) is 20.4 Å². The van der Waals surface area contributed by atoms with Gasteiger partial charge >= 0.3 is 0 Å². The summed E-state index contributed by atoms with van der Waals surface area (Å²) in [6, 6.07) is 3.49. The van der Waals surface area contributed by atoms with Crippen LogP contribution in [0.15, 0.2) is 18.3 Å². The summed E-state index contributed by atoms with van der Waals surface area (Å²) < 4.78 is 28.4. The molecule has 0 amide bonds. The Morgan fingerprint density at radius 2 is 1.74 bits per heavy atom. The first-order valence-corrected chi connectivity index (χ1v) is 8.18. The Balaban J connectivity index is 0. The van der Waals surface area contributed by atoms with Crippen LogP contribution in [0.25, 0.3) is 0 Å². The standard InChI is InChI=1S/C9H14N2O3S.2C2H6/c1-11(15(3,12)13)7-8-4-5-9(14-2)10-6-8;2*1-2/h4-6H,7H2,1-3H3;2*1-2H3. The maximum Gasteiger partial charge on any atom is 0.212 e. The highest BCUT2D eigenvalue weighted by molar-refractivity contribution is 7.88. The van der Waals surface area contributed by atoms with Gasteiger partial charge < -0.3 is 4.74 Å². The highest BCUT2D eigenvalue weighted by atomic mass is 32.2. The SMILES string of the molecule is CC.CC.COc1ccc(CN(C)S(C)(=O)=O)cn1. The van der Waals surface area contributed by atoms with Crippen LogP contribution >= 0.6 is 0 Å². The summed E-state index contributed by atoms with van der Waals surface area (Å²) in [5.74, 6) is 0.515. The molecule has 0 fully saturated rings. The number of ether oxygens (including phenoxy) is 1. The molecule has 5 nitrogen and oxygen atoms in total. The van der Waals surface area contributed by atoms with Gasteiger partial charge in [-0.2, -0.15) is 0 Å². The van der Waals surface area contributed by atoms with E-state index in [0.29, 0.717) is 12.4 Å². The minimum Gasteiger partial charge on any atom is -0.481 e. The summed E-state index contributed by atoms with van der Waals surface area (Å²) in [5, 5.41) is 0. The molecule has 0 spiro atoms. The summed E-state index contributed by atoms with van der Waals surface area (Å²) >= 11 is 0. The highest BCUT2D eigenvalue weighted by Crippen LogP contribution is 2.09. The normalized spacial score (nSPS) is 9.89. The summed E-state index contributed by atoms with van der Waals surface area (Å²) in [7, 11) is -0.0827. The van der Waals surface area contributed by atoms with Crippen LogP contribution in [0.2, 0.25) is 0 Å². The van der Waals surface area contributed by atoms with E-state index in [2.05, 4.69) is 4.98 Å². The molecular formula is C13H26N2O3S. The third-order valence-electron chi connectivity index (χ3n) is 1.98. The fraction of sp³-hybridized carbons (Fsp3) is 0.615. The Labute approximate surface area is 117 Å². The van der Waals surface area contributed by atoms with Crippen molar-refractivity contribution in [3.05, 3.63) is 23.9 Å². The molecule has 6 heteroatoms. The van der Waals surface area contributed by atoms with E-state index < -0.39 is 10.0 Å². The Bertz CT molecular complexity index is 416. The molecule has 0 aliphatic rings. The van der Waals surface area contributed by atoms with Crippen LogP contribution in [-0.4, -0.2) is 38.1 Å². The molecule has 0 aliphatic heterocycles. The van der Waals surface area contributed by atoms with Crippen molar-refractivity contribution < 1.29 is 13.2 Å². The minimum absolute atomic E-state index is 0.315. The van der Waals surface area contributed by atoms with Crippen LogP contribution in [0.1, 0.15) is 33.3 Å². The van der Waals surface area contributed by atoms with Gasteiger partial charge in [0.15, 0.2) is 0 Å². The first-order chi connectivity index (χ1) is 8.93. The lowest BCUT2D eigenvalue weighted by Gasteiger charge is -2.13. The van der Waals surface area contributed by atoms with Crippen molar-refractivity contribution in [2.24, 2.45) is 0 Å². The molecule has 0 aromatic carbocycles. The molecule has 0 saturated carbocycles. The third kappa shape index (κ3) is 8.56. The molecule has 112 valence electrons. The molecule has 1 aromatic rings. The quantitative estimate of drug-likeness (QED) is 0.855. The van der Waals surface area contributed by atoms with Crippen LogP contribution in [0.4, 0.5) is 0 Å². The van der Waals surface area contributed by atoms with E-state index >= 15 is 0 Å². The minimum atomic E-state index is -3.14. The van der Waals surface area contributed by atoms with Gasteiger partial charge in [-0.25, -0.2) is 17.7 Å². The zero-order valence-electron chi connectivity index (χ0n) is 13.0. The second kappa shape index (κ2) is 10.8. The second-order valence-corrected chi connectivity index (χ2v) is 5.32. The van der Waals surface area contributed by atoms with Gasteiger partial charge in [-0.15, -0.1) is 0 Å². The topological polar surface area (TPSA) is 59.5 Å². The molecule has 0 bridgehead atoms. The summed E-state index contributed by atoms with van der Waals surface area (Å²) in [6.07, 6.45) is 2.77.